The van der Waals surface area contributed by atoms with Crippen LogP contribution in [0.3, 0.4) is 0 Å². The zero-order valence-corrected chi connectivity index (χ0v) is 13.5. The van der Waals surface area contributed by atoms with E-state index in [2.05, 4.69) is 70.1 Å². The summed E-state index contributed by atoms with van der Waals surface area (Å²) < 4.78 is 0. The number of hydrogen-bond donors (Lipinski definition) is 1. The van der Waals surface area contributed by atoms with Crippen LogP contribution in [-0.2, 0) is 6.54 Å². The Morgan fingerprint density at radius 1 is 1.16 bits per heavy atom. The highest BCUT2D eigenvalue weighted by molar-refractivity contribution is 5.55. The molecule has 1 aromatic carbocycles. The molecule has 0 aliphatic heterocycles. The molecule has 0 aliphatic carbocycles. The smallest absolute Gasteiger partial charge is 0.0411 e. The number of aryl methyl sites for hydroxylation is 1. The monoisotopic (exact) mass is 262 g/mol. The van der Waals surface area contributed by atoms with Crippen molar-refractivity contribution in [3.8, 4) is 0 Å². The van der Waals surface area contributed by atoms with Crippen LogP contribution in [0.1, 0.15) is 51.7 Å². The molecule has 1 aromatic rings. The summed E-state index contributed by atoms with van der Waals surface area (Å²) in [6, 6.07) is 7.94. The molecule has 0 aliphatic rings. The van der Waals surface area contributed by atoms with E-state index in [1.54, 1.807) is 0 Å². The minimum absolute atomic E-state index is 0.520. The van der Waals surface area contributed by atoms with Crippen LogP contribution in [0, 0.1) is 6.92 Å². The predicted octanol–water partition coefficient (Wildman–Crippen LogP) is 4.12. The molecule has 19 heavy (non-hydrogen) atoms. The van der Waals surface area contributed by atoms with Crippen molar-refractivity contribution >= 4 is 5.69 Å². The van der Waals surface area contributed by atoms with Crippen molar-refractivity contribution in [2.45, 2.75) is 66.1 Å². The van der Waals surface area contributed by atoms with Gasteiger partial charge in [-0.05, 0) is 31.4 Å². The molecule has 0 atom stereocenters. The summed E-state index contributed by atoms with van der Waals surface area (Å²) in [5.74, 6) is 0. The molecule has 0 saturated heterocycles. The van der Waals surface area contributed by atoms with Crippen LogP contribution in [0.4, 0.5) is 5.69 Å². The second kappa shape index (κ2) is 7.54. The first-order chi connectivity index (χ1) is 8.99. The molecule has 0 unspecified atom stereocenters. The molecule has 0 aromatic heterocycles. The van der Waals surface area contributed by atoms with Gasteiger partial charge in [0, 0.05) is 31.4 Å². The number of rotatable bonds is 7. The van der Waals surface area contributed by atoms with Crippen molar-refractivity contribution in [1.29, 1.82) is 0 Å². The summed E-state index contributed by atoms with van der Waals surface area (Å²) in [5.41, 5.74) is 4.11. The highest BCUT2D eigenvalue weighted by Gasteiger charge is 2.14. The Morgan fingerprint density at radius 3 is 2.32 bits per heavy atom. The predicted molar refractivity (Wildman–Crippen MR) is 85.9 cm³/mol. The molecule has 0 spiro atoms. The normalized spacial score (nSPS) is 11.4. The number of benzene rings is 1. The molecule has 1 rings (SSSR count). The molecule has 0 radical (unpaired) electrons. The molecule has 2 nitrogen and oxygen atoms in total. The van der Waals surface area contributed by atoms with Gasteiger partial charge in [0.2, 0.25) is 0 Å². The second-order valence-electron chi connectivity index (χ2n) is 5.75. The first kappa shape index (κ1) is 16.0. The molecule has 108 valence electrons. The van der Waals surface area contributed by atoms with Gasteiger partial charge in [-0.3, -0.25) is 0 Å². The van der Waals surface area contributed by atoms with Gasteiger partial charge in [0.05, 0.1) is 0 Å². The average Bonchev–Trinajstić information content (AvgIpc) is 2.37. The molecule has 0 bridgehead atoms. The van der Waals surface area contributed by atoms with E-state index in [4.69, 9.17) is 0 Å². The SMILES string of the molecule is CCC(CC)N(C)c1ccc(C)cc1CNC(C)C. The lowest BCUT2D eigenvalue weighted by atomic mass is 10.0. The lowest BCUT2D eigenvalue weighted by molar-refractivity contribution is 0.573. The van der Waals surface area contributed by atoms with Gasteiger partial charge in [0.1, 0.15) is 0 Å². The molecule has 0 saturated carbocycles. The molecular weight excluding hydrogens is 232 g/mol. The van der Waals surface area contributed by atoms with Crippen LogP contribution in [0.2, 0.25) is 0 Å². The highest BCUT2D eigenvalue weighted by Crippen LogP contribution is 2.24. The Labute approximate surface area is 119 Å². The van der Waals surface area contributed by atoms with Crippen molar-refractivity contribution in [3.63, 3.8) is 0 Å². The highest BCUT2D eigenvalue weighted by atomic mass is 15.1. The zero-order valence-electron chi connectivity index (χ0n) is 13.5. The maximum absolute atomic E-state index is 3.53. The van der Waals surface area contributed by atoms with Gasteiger partial charge in [-0.1, -0.05) is 45.4 Å². The van der Waals surface area contributed by atoms with Crippen LogP contribution in [-0.4, -0.2) is 19.1 Å². The first-order valence-corrected chi connectivity index (χ1v) is 7.55. The third-order valence-electron chi connectivity index (χ3n) is 3.81. The van der Waals surface area contributed by atoms with Crippen molar-refractivity contribution < 1.29 is 0 Å². The largest absolute Gasteiger partial charge is 0.371 e. The van der Waals surface area contributed by atoms with Crippen molar-refractivity contribution in [3.05, 3.63) is 29.3 Å². The Balaban J connectivity index is 2.98. The summed E-state index contributed by atoms with van der Waals surface area (Å²) >= 11 is 0. The van der Waals surface area contributed by atoms with E-state index in [0.29, 0.717) is 12.1 Å². The molecule has 1 N–H and O–H groups in total. The number of hydrogen-bond acceptors (Lipinski definition) is 2. The van der Waals surface area contributed by atoms with E-state index in [9.17, 15) is 0 Å². The molecule has 0 fully saturated rings. The van der Waals surface area contributed by atoms with Crippen molar-refractivity contribution in [2.75, 3.05) is 11.9 Å². The van der Waals surface area contributed by atoms with Crippen LogP contribution in [0.25, 0.3) is 0 Å². The lowest BCUT2D eigenvalue weighted by Gasteiger charge is -2.31. The number of nitrogens with zero attached hydrogens (tertiary/aromatic N) is 1. The Kier molecular flexibility index (Phi) is 6.36. The van der Waals surface area contributed by atoms with Gasteiger partial charge in [0.25, 0.3) is 0 Å². The zero-order chi connectivity index (χ0) is 14.4. The Hall–Kier alpha value is -1.02. The van der Waals surface area contributed by atoms with E-state index in [-0.39, 0.29) is 0 Å². The van der Waals surface area contributed by atoms with Gasteiger partial charge >= 0.3 is 0 Å². The number of anilines is 1. The number of nitrogens with one attached hydrogen (secondary N) is 1. The van der Waals surface area contributed by atoms with Gasteiger partial charge in [-0.15, -0.1) is 0 Å². The molecule has 0 amide bonds. The third-order valence-corrected chi connectivity index (χ3v) is 3.81. The van der Waals surface area contributed by atoms with E-state index in [0.717, 1.165) is 6.54 Å². The molecule has 2 heteroatoms. The van der Waals surface area contributed by atoms with Gasteiger partial charge in [-0.2, -0.15) is 0 Å². The average molecular weight is 262 g/mol. The summed E-state index contributed by atoms with van der Waals surface area (Å²) in [6.07, 6.45) is 2.38. The minimum Gasteiger partial charge on any atom is -0.371 e. The summed E-state index contributed by atoms with van der Waals surface area (Å²) in [5, 5.41) is 3.53. The van der Waals surface area contributed by atoms with Gasteiger partial charge < -0.3 is 10.2 Å². The van der Waals surface area contributed by atoms with E-state index < -0.39 is 0 Å². The Bertz CT molecular complexity index is 381. The topological polar surface area (TPSA) is 15.3 Å². The third kappa shape index (κ3) is 4.54. The van der Waals surface area contributed by atoms with Crippen LogP contribution < -0.4 is 10.2 Å². The van der Waals surface area contributed by atoms with E-state index in [1.807, 2.05) is 0 Å². The van der Waals surface area contributed by atoms with Gasteiger partial charge in [-0.25, -0.2) is 0 Å². The second-order valence-corrected chi connectivity index (χ2v) is 5.75. The van der Waals surface area contributed by atoms with Crippen LogP contribution >= 0.6 is 0 Å². The fourth-order valence-electron chi connectivity index (χ4n) is 2.55. The summed E-state index contributed by atoms with van der Waals surface area (Å²) in [6.45, 7) is 12.0. The van der Waals surface area contributed by atoms with E-state index >= 15 is 0 Å². The van der Waals surface area contributed by atoms with Crippen molar-refractivity contribution in [1.82, 2.24) is 5.32 Å². The van der Waals surface area contributed by atoms with Crippen molar-refractivity contribution in [2.24, 2.45) is 0 Å². The maximum atomic E-state index is 3.53. The van der Waals surface area contributed by atoms with Gasteiger partial charge in [0.15, 0.2) is 0 Å². The maximum Gasteiger partial charge on any atom is 0.0411 e. The summed E-state index contributed by atoms with van der Waals surface area (Å²) in [7, 11) is 2.22. The quantitative estimate of drug-likeness (QED) is 0.795. The minimum atomic E-state index is 0.520. The van der Waals surface area contributed by atoms with Crippen LogP contribution in [0.15, 0.2) is 18.2 Å². The van der Waals surface area contributed by atoms with Crippen LogP contribution in [0.5, 0.6) is 0 Å². The molecule has 0 heterocycles. The van der Waals surface area contributed by atoms with E-state index in [1.165, 1.54) is 29.7 Å². The lowest BCUT2D eigenvalue weighted by Crippen LogP contribution is -2.32. The first-order valence-electron chi connectivity index (χ1n) is 7.55. The Morgan fingerprint density at radius 2 is 1.79 bits per heavy atom. The summed E-state index contributed by atoms with van der Waals surface area (Å²) in [4.78, 5) is 2.44. The fraction of sp³-hybridized carbons (Fsp3) is 0.647. The fourth-order valence-corrected chi connectivity index (χ4v) is 2.55. The molecular formula is C17H30N2. The standard InChI is InChI=1S/C17H30N2/c1-7-16(8-2)19(6)17-10-9-14(5)11-15(17)12-18-13(3)4/h9-11,13,16,18H,7-8,12H2,1-6H3.